The van der Waals surface area contributed by atoms with Crippen LogP contribution in [-0.4, -0.2) is 0 Å². The molecule has 10 rings (SSSR count). The highest BCUT2D eigenvalue weighted by Gasteiger charge is 2.09. The van der Waals surface area contributed by atoms with Crippen LogP contribution in [0.1, 0.15) is 33.4 Å². The van der Waals surface area contributed by atoms with Crippen molar-refractivity contribution in [3.8, 4) is 71.0 Å². The minimum absolute atomic E-state index is 0.873. The maximum absolute atomic E-state index is 3.43. The van der Waals surface area contributed by atoms with E-state index in [1.54, 1.807) is 0 Å². The van der Waals surface area contributed by atoms with Gasteiger partial charge in [-0.05, 0) is 161 Å². The Morgan fingerprint density at radius 1 is 0.241 bits per heavy atom. The van der Waals surface area contributed by atoms with Gasteiger partial charge in [0.1, 0.15) is 0 Å². The number of hydrogen-bond acceptors (Lipinski definition) is 0. The lowest BCUT2D eigenvalue weighted by molar-refractivity contribution is 1.69. The molecule has 0 heteroatoms. The highest BCUT2D eigenvalue weighted by Crippen LogP contribution is 2.31. The van der Waals surface area contributed by atoms with Crippen LogP contribution >= 0.6 is 0 Å². The second-order valence-electron chi connectivity index (χ2n) is 13.2. The van der Waals surface area contributed by atoms with E-state index in [0.29, 0.717) is 0 Å². The summed E-state index contributed by atoms with van der Waals surface area (Å²) in [5.41, 5.74) is 5.45. The van der Waals surface area contributed by atoms with Gasteiger partial charge in [0.15, 0.2) is 0 Å². The summed E-state index contributed by atoms with van der Waals surface area (Å²) in [6.07, 6.45) is 0. The third-order valence-electron chi connectivity index (χ3n) is 9.98. The minimum Gasteiger partial charge on any atom is -0.0616 e. The Bertz CT molecular complexity index is 3290. The van der Waals surface area contributed by atoms with Crippen molar-refractivity contribution in [2.45, 2.75) is 0 Å². The van der Waals surface area contributed by atoms with Crippen LogP contribution in [-0.2, 0) is 0 Å². The first kappa shape index (κ1) is 30.7. The fourth-order valence-corrected chi connectivity index (χ4v) is 7.41. The van der Waals surface area contributed by atoms with E-state index >= 15 is 0 Å². The van der Waals surface area contributed by atoms with E-state index in [1.807, 2.05) is 24.3 Å². The van der Waals surface area contributed by atoms with Crippen LogP contribution in [0, 0.1) is 71.0 Å². The molecule has 54 heavy (non-hydrogen) atoms. The molecule has 1 aliphatic carbocycles. The lowest BCUT2D eigenvalue weighted by Gasteiger charge is -2.07. The summed E-state index contributed by atoms with van der Waals surface area (Å²) >= 11 is 0. The molecule has 0 radical (unpaired) electrons. The van der Waals surface area contributed by atoms with Gasteiger partial charge in [-0.15, -0.1) is 0 Å². The highest BCUT2D eigenvalue weighted by molar-refractivity contribution is 6.07. The molecular formula is C54H24. The Morgan fingerprint density at radius 2 is 0.630 bits per heavy atom. The standard InChI is InChI=1S/C54H24/c1-2-14-38-28-30-46-34-42-18-6-8-24-48(42)50(54(46)32-38)26-10-4-16-40-20-12-22-44-35-43-21-11-19-39(51(43)36-52(40)44)15-3-9-25-49-47-23-7-5-17-41(47)33-45-29-27-37(13-1)31-53(45)49/h5-8,11-12,17-24,27-36H. The Morgan fingerprint density at radius 3 is 1.13 bits per heavy atom. The average Bonchev–Trinajstić information content (AvgIpc) is 3.21. The van der Waals surface area contributed by atoms with Gasteiger partial charge in [-0.1, -0.05) is 120 Å². The normalized spacial score (nSPS) is 11.3. The predicted octanol–water partition coefficient (Wildman–Crippen LogP) is 11.1. The first-order chi connectivity index (χ1) is 26.7. The Balaban J connectivity index is 1.23. The molecule has 0 fully saturated rings. The van der Waals surface area contributed by atoms with Crippen LogP contribution in [0.15, 0.2) is 146 Å². The van der Waals surface area contributed by atoms with Crippen LogP contribution in [0.4, 0.5) is 0 Å². The topological polar surface area (TPSA) is 0 Å². The van der Waals surface area contributed by atoms with E-state index in [4.69, 9.17) is 0 Å². The van der Waals surface area contributed by atoms with Gasteiger partial charge in [0.25, 0.3) is 0 Å². The van der Waals surface area contributed by atoms with Gasteiger partial charge in [-0.3, -0.25) is 0 Å². The van der Waals surface area contributed by atoms with Gasteiger partial charge >= 0.3 is 0 Å². The molecule has 6 bridgehead atoms. The fraction of sp³-hybridized carbons (Fsp3) is 0. The molecule has 240 valence electrons. The minimum atomic E-state index is 0.873. The number of rotatable bonds is 0. The fourth-order valence-electron chi connectivity index (χ4n) is 7.41. The Labute approximate surface area is 313 Å². The molecule has 0 saturated carbocycles. The number of fused-ring (bicyclic) bond motifs is 6. The molecular weight excluding hydrogens is 649 g/mol. The molecule has 9 aromatic carbocycles. The van der Waals surface area contributed by atoms with E-state index in [-0.39, 0.29) is 0 Å². The van der Waals surface area contributed by atoms with Crippen molar-refractivity contribution < 1.29 is 0 Å². The van der Waals surface area contributed by atoms with Crippen molar-refractivity contribution >= 4 is 64.6 Å². The van der Waals surface area contributed by atoms with Gasteiger partial charge in [0, 0.05) is 33.4 Å². The SMILES string of the molecule is C1#Cc2ccc3cc4ccccc4c(c3c2)C#CC#Cc2cccc3cc4cccc(c4cc23)C#CC#Cc2c3ccccc3cc3ccc(cc23)C#C1. The van der Waals surface area contributed by atoms with Crippen molar-refractivity contribution in [3.05, 3.63) is 179 Å². The first-order valence-electron chi connectivity index (χ1n) is 17.7. The lowest BCUT2D eigenvalue weighted by Crippen LogP contribution is -1.86. The van der Waals surface area contributed by atoms with Gasteiger partial charge < -0.3 is 0 Å². The maximum atomic E-state index is 3.43. The number of benzene rings is 9. The van der Waals surface area contributed by atoms with E-state index in [9.17, 15) is 0 Å². The molecule has 0 saturated heterocycles. The van der Waals surface area contributed by atoms with E-state index in [1.165, 1.54) is 0 Å². The smallest absolute Gasteiger partial charge is 0.0412 e. The third kappa shape index (κ3) is 5.53. The molecule has 0 amide bonds. The summed E-state index contributed by atoms with van der Waals surface area (Å²) < 4.78 is 0. The predicted molar refractivity (Wildman–Crippen MR) is 226 cm³/mol. The van der Waals surface area contributed by atoms with Crippen LogP contribution in [0.3, 0.4) is 0 Å². The van der Waals surface area contributed by atoms with Crippen molar-refractivity contribution in [2.75, 3.05) is 0 Å². The van der Waals surface area contributed by atoms with Gasteiger partial charge in [-0.2, -0.15) is 0 Å². The van der Waals surface area contributed by atoms with E-state index < -0.39 is 0 Å². The zero-order chi connectivity index (χ0) is 35.8. The summed E-state index contributed by atoms with van der Waals surface area (Å²) in [4.78, 5) is 0. The Kier molecular flexibility index (Phi) is 7.33. The second-order valence-corrected chi connectivity index (χ2v) is 13.2. The van der Waals surface area contributed by atoms with Crippen LogP contribution in [0.25, 0.3) is 64.6 Å². The van der Waals surface area contributed by atoms with Gasteiger partial charge in [0.05, 0.1) is 0 Å². The zero-order valence-electron chi connectivity index (χ0n) is 28.9. The summed E-state index contributed by atoms with van der Waals surface area (Å²) in [6, 6.07) is 50.5. The first-order valence-corrected chi connectivity index (χ1v) is 17.7. The molecule has 0 spiro atoms. The maximum Gasteiger partial charge on any atom is 0.0412 e. The van der Waals surface area contributed by atoms with E-state index in [2.05, 4.69) is 192 Å². The summed E-state index contributed by atoms with van der Waals surface area (Å²) in [5, 5.41) is 13.0. The summed E-state index contributed by atoms with van der Waals surface area (Å²) in [7, 11) is 0. The molecule has 0 nitrogen and oxygen atoms in total. The largest absolute Gasteiger partial charge is 0.0616 e. The zero-order valence-corrected chi connectivity index (χ0v) is 28.9. The number of hydrogen-bond donors (Lipinski definition) is 0. The van der Waals surface area contributed by atoms with Crippen LogP contribution in [0.5, 0.6) is 0 Å². The monoisotopic (exact) mass is 672 g/mol. The van der Waals surface area contributed by atoms with Crippen molar-refractivity contribution in [1.29, 1.82) is 0 Å². The molecule has 0 heterocycles. The van der Waals surface area contributed by atoms with Crippen molar-refractivity contribution in [3.63, 3.8) is 0 Å². The Hall–Kier alpha value is -8.10. The van der Waals surface area contributed by atoms with E-state index in [0.717, 1.165) is 98.0 Å². The molecule has 0 aromatic heterocycles. The molecule has 0 N–H and O–H groups in total. The van der Waals surface area contributed by atoms with Gasteiger partial charge in [0.2, 0.25) is 0 Å². The molecule has 0 atom stereocenters. The lowest BCUT2D eigenvalue weighted by atomic mass is 9.95. The average molecular weight is 673 g/mol. The molecule has 0 unspecified atom stereocenters. The molecule has 1 aliphatic rings. The highest BCUT2D eigenvalue weighted by atomic mass is 14.1. The quantitative estimate of drug-likeness (QED) is 0.111. The van der Waals surface area contributed by atoms with Crippen molar-refractivity contribution in [1.82, 2.24) is 0 Å². The van der Waals surface area contributed by atoms with Gasteiger partial charge in [-0.25, -0.2) is 0 Å². The summed E-state index contributed by atoms with van der Waals surface area (Å²) in [5.74, 6) is 39.0. The van der Waals surface area contributed by atoms with Crippen molar-refractivity contribution in [2.24, 2.45) is 0 Å². The summed E-state index contributed by atoms with van der Waals surface area (Å²) in [6.45, 7) is 0. The molecule has 0 aliphatic heterocycles. The molecule has 9 aromatic rings. The van der Waals surface area contributed by atoms with Crippen LogP contribution < -0.4 is 0 Å². The third-order valence-corrected chi connectivity index (χ3v) is 9.98. The second kappa shape index (κ2) is 12.9. The van der Waals surface area contributed by atoms with Crippen LogP contribution in [0.2, 0.25) is 0 Å².